The first kappa shape index (κ1) is 12.2. The lowest BCUT2D eigenvalue weighted by atomic mass is 9.55. The molecule has 0 aromatic heterocycles. The predicted molar refractivity (Wildman–Crippen MR) is 50.0 cm³/mol. The van der Waals surface area contributed by atoms with Crippen molar-refractivity contribution in [3.05, 3.63) is 0 Å². The average molecular weight is 251 g/mol. The smallest absolute Gasteiger partial charge is 0.471 e. The van der Waals surface area contributed by atoms with Gasteiger partial charge in [0.15, 0.2) is 0 Å². The summed E-state index contributed by atoms with van der Waals surface area (Å²) in [5.41, 5.74) is -0.362. The van der Waals surface area contributed by atoms with E-state index < -0.39 is 18.1 Å². The quantitative estimate of drug-likeness (QED) is 0.803. The van der Waals surface area contributed by atoms with E-state index in [1.165, 1.54) is 0 Å². The molecular formula is C10H12F3NO3. The van der Waals surface area contributed by atoms with Gasteiger partial charge in [-0.25, -0.2) is 0 Å². The van der Waals surface area contributed by atoms with E-state index in [2.05, 4.69) is 0 Å². The highest BCUT2D eigenvalue weighted by molar-refractivity contribution is 5.83. The van der Waals surface area contributed by atoms with Crippen molar-refractivity contribution < 1.29 is 27.9 Å². The van der Waals surface area contributed by atoms with E-state index in [0.29, 0.717) is 6.42 Å². The molecule has 1 spiro atoms. The molecule has 2 rings (SSSR count). The summed E-state index contributed by atoms with van der Waals surface area (Å²) in [5.74, 6) is -2.84. The number of nitrogens with zero attached hydrogens (tertiary/aromatic N) is 1. The lowest BCUT2D eigenvalue weighted by Gasteiger charge is -2.60. The second-order valence-corrected chi connectivity index (χ2v) is 4.85. The molecule has 1 heterocycles. The third-order valence-electron chi connectivity index (χ3n) is 3.82. The van der Waals surface area contributed by atoms with Crippen molar-refractivity contribution in [1.82, 2.24) is 4.90 Å². The Morgan fingerprint density at radius 2 is 1.94 bits per heavy atom. The normalized spacial score (nSPS) is 26.3. The van der Waals surface area contributed by atoms with Gasteiger partial charge in [-0.05, 0) is 18.8 Å². The highest BCUT2D eigenvalue weighted by Crippen LogP contribution is 2.54. The number of hydrogen-bond acceptors (Lipinski definition) is 2. The highest BCUT2D eigenvalue weighted by Gasteiger charge is 2.59. The van der Waals surface area contributed by atoms with Gasteiger partial charge in [0.25, 0.3) is 0 Å². The third kappa shape index (κ3) is 1.98. The van der Waals surface area contributed by atoms with Crippen LogP contribution in [0.15, 0.2) is 0 Å². The molecule has 0 aromatic rings. The average Bonchev–Trinajstić information content (AvgIpc) is 2.08. The topological polar surface area (TPSA) is 57.6 Å². The van der Waals surface area contributed by atoms with E-state index in [1.807, 2.05) is 0 Å². The molecular weight excluding hydrogens is 239 g/mol. The largest absolute Gasteiger partial charge is 0.481 e. The molecule has 7 heteroatoms. The molecule has 1 aliphatic carbocycles. The van der Waals surface area contributed by atoms with Crippen LogP contribution in [0.2, 0.25) is 0 Å². The molecule has 17 heavy (non-hydrogen) atoms. The molecule has 2 fully saturated rings. The summed E-state index contributed by atoms with van der Waals surface area (Å²) in [7, 11) is 0. The van der Waals surface area contributed by atoms with Gasteiger partial charge in [-0.2, -0.15) is 13.2 Å². The van der Waals surface area contributed by atoms with Crippen molar-refractivity contribution in [1.29, 1.82) is 0 Å². The molecule has 0 bridgehead atoms. The van der Waals surface area contributed by atoms with Crippen LogP contribution in [0.3, 0.4) is 0 Å². The molecule has 1 atom stereocenters. The van der Waals surface area contributed by atoms with Crippen LogP contribution in [0.1, 0.15) is 19.3 Å². The van der Waals surface area contributed by atoms with Crippen molar-refractivity contribution >= 4 is 11.9 Å². The number of aliphatic carboxylic acids is 1. The highest BCUT2D eigenvalue weighted by atomic mass is 19.4. The van der Waals surface area contributed by atoms with Crippen molar-refractivity contribution in [3.63, 3.8) is 0 Å². The van der Waals surface area contributed by atoms with Crippen LogP contribution >= 0.6 is 0 Å². The van der Waals surface area contributed by atoms with Crippen molar-refractivity contribution in [2.24, 2.45) is 11.3 Å². The van der Waals surface area contributed by atoms with E-state index in [-0.39, 0.29) is 30.8 Å². The van der Waals surface area contributed by atoms with Gasteiger partial charge < -0.3 is 10.0 Å². The number of likely N-dealkylation sites (tertiary alicyclic amines) is 1. The van der Waals surface area contributed by atoms with Gasteiger partial charge in [-0.3, -0.25) is 9.59 Å². The molecule has 1 saturated heterocycles. The third-order valence-corrected chi connectivity index (χ3v) is 3.82. The fraction of sp³-hybridized carbons (Fsp3) is 0.800. The maximum Gasteiger partial charge on any atom is 0.471 e. The van der Waals surface area contributed by atoms with Gasteiger partial charge in [0.1, 0.15) is 0 Å². The number of carbonyl (C=O) groups is 2. The van der Waals surface area contributed by atoms with Gasteiger partial charge in [0.05, 0.1) is 0 Å². The standard InChI is InChI=1S/C10H12F3NO3/c11-10(12,13)8(17)14-4-9(5-14)2-1-6(9)3-7(15)16/h6H,1-5H2,(H,15,16). The first-order valence-electron chi connectivity index (χ1n) is 5.32. The number of hydrogen-bond donors (Lipinski definition) is 1. The van der Waals surface area contributed by atoms with E-state index >= 15 is 0 Å². The monoisotopic (exact) mass is 251 g/mol. The van der Waals surface area contributed by atoms with Crippen molar-refractivity contribution in [3.8, 4) is 0 Å². The molecule has 1 amide bonds. The Morgan fingerprint density at radius 1 is 1.35 bits per heavy atom. The summed E-state index contributed by atoms with van der Waals surface area (Å²) in [4.78, 5) is 22.2. The number of halogens is 3. The summed E-state index contributed by atoms with van der Waals surface area (Å²) in [6, 6.07) is 0. The molecule has 0 radical (unpaired) electrons. The Labute approximate surface area is 95.4 Å². The number of rotatable bonds is 2. The summed E-state index contributed by atoms with van der Waals surface area (Å²) in [5, 5.41) is 8.64. The predicted octanol–water partition coefficient (Wildman–Crippen LogP) is 1.26. The van der Waals surface area contributed by atoms with Crippen molar-refractivity contribution in [2.75, 3.05) is 13.1 Å². The van der Waals surface area contributed by atoms with E-state index in [4.69, 9.17) is 5.11 Å². The zero-order valence-corrected chi connectivity index (χ0v) is 8.96. The number of carbonyl (C=O) groups excluding carboxylic acids is 1. The van der Waals surface area contributed by atoms with E-state index in [0.717, 1.165) is 11.3 Å². The molecule has 2 aliphatic rings. The summed E-state index contributed by atoms with van der Waals surface area (Å²) in [6.45, 7) is 0.0899. The van der Waals surface area contributed by atoms with Crippen LogP contribution in [0.4, 0.5) is 13.2 Å². The van der Waals surface area contributed by atoms with Crippen LogP contribution in [0.25, 0.3) is 0 Å². The van der Waals surface area contributed by atoms with E-state index in [1.54, 1.807) is 0 Å². The summed E-state index contributed by atoms with van der Waals surface area (Å²) < 4.78 is 36.3. The molecule has 0 aromatic carbocycles. The van der Waals surface area contributed by atoms with Gasteiger partial charge in [0.2, 0.25) is 0 Å². The summed E-state index contributed by atoms with van der Waals surface area (Å²) in [6.07, 6.45) is -3.41. The van der Waals surface area contributed by atoms with Crippen LogP contribution in [0.5, 0.6) is 0 Å². The fourth-order valence-electron chi connectivity index (χ4n) is 2.74. The Hall–Kier alpha value is -1.27. The van der Waals surface area contributed by atoms with Crippen LogP contribution in [0, 0.1) is 11.3 Å². The number of carboxylic acids is 1. The minimum atomic E-state index is -4.83. The number of amides is 1. The molecule has 1 saturated carbocycles. The SMILES string of the molecule is O=C(O)CC1CCC12CN(C(=O)C(F)(F)F)C2. The van der Waals surface area contributed by atoms with Gasteiger partial charge in [0, 0.05) is 24.9 Å². The first-order valence-corrected chi connectivity index (χ1v) is 5.32. The lowest BCUT2D eigenvalue weighted by molar-refractivity contribution is -0.207. The second kappa shape index (κ2) is 3.61. The van der Waals surface area contributed by atoms with Crippen LogP contribution in [-0.2, 0) is 9.59 Å². The van der Waals surface area contributed by atoms with Crippen LogP contribution < -0.4 is 0 Å². The zero-order valence-electron chi connectivity index (χ0n) is 8.96. The molecule has 1 aliphatic heterocycles. The Bertz CT molecular complexity index is 360. The zero-order chi connectivity index (χ0) is 12.8. The Balaban J connectivity index is 1.90. The lowest BCUT2D eigenvalue weighted by Crippen LogP contribution is -2.67. The molecule has 1 unspecified atom stereocenters. The first-order chi connectivity index (χ1) is 7.74. The van der Waals surface area contributed by atoms with Gasteiger partial charge in [-0.1, -0.05) is 0 Å². The van der Waals surface area contributed by atoms with Crippen LogP contribution in [-0.4, -0.2) is 41.1 Å². The molecule has 1 N–H and O–H groups in total. The van der Waals surface area contributed by atoms with Crippen molar-refractivity contribution in [2.45, 2.75) is 25.4 Å². The minimum Gasteiger partial charge on any atom is -0.481 e. The fourth-order valence-corrected chi connectivity index (χ4v) is 2.74. The number of carboxylic acid groups (broad SMARTS) is 1. The van der Waals surface area contributed by atoms with Gasteiger partial charge >= 0.3 is 18.1 Å². The molecule has 4 nitrogen and oxygen atoms in total. The minimum absolute atomic E-state index is 0.0198. The van der Waals surface area contributed by atoms with Gasteiger partial charge in [-0.15, -0.1) is 0 Å². The maximum atomic E-state index is 12.1. The maximum absolute atomic E-state index is 12.1. The Kier molecular flexibility index (Phi) is 2.59. The van der Waals surface area contributed by atoms with E-state index in [9.17, 15) is 22.8 Å². The second-order valence-electron chi connectivity index (χ2n) is 4.85. The Morgan fingerprint density at radius 3 is 2.29 bits per heavy atom. The molecule has 96 valence electrons. The number of alkyl halides is 3. The summed E-state index contributed by atoms with van der Waals surface area (Å²) >= 11 is 0.